The van der Waals surface area contributed by atoms with Crippen LogP contribution in [0.4, 0.5) is 10.5 Å². The number of aliphatic hydroxyl groups is 1. The quantitative estimate of drug-likeness (QED) is 0.817. The summed E-state index contributed by atoms with van der Waals surface area (Å²) >= 11 is 0. The Balaban J connectivity index is 2.14. The van der Waals surface area contributed by atoms with Gasteiger partial charge in [0.15, 0.2) is 0 Å². The van der Waals surface area contributed by atoms with Gasteiger partial charge >= 0.3 is 6.03 Å². The number of para-hydroxylation sites is 1. The Morgan fingerprint density at radius 1 is 1.42 bits per heavy atom. The Morgan fingerprint density at radius 3 is 2.79 bits per heavy atom. The smallest absolute Gasteiger partial charge is 0.321 e. The van der Waals surface area contributed by atoms with E-state index in [1.54, 1.807) is 4.90 Å². The molecule has 1 heterocycles. The largest absolute Gasteiger partial charge is 0.388 e. The van der Waals surface area contributed by atoms with Crippen LogP contribution < -0.4 is 10.2 Å². The zero-order chi connectivity index (χ0) is 14.0. The van der Waals surface area contributed by atoms with Crippen LogP contribution in [0.3, 0.4) is 0 Å². The molecule has 0 aliphatic carbocycles. The maximum atomic E-state index is 12.2. The number of fused-ring (bicyclic) bond motifs is 1. The molecule has 2 amide bonds. The maximum absolute atomic E-state index is 12.2. The first kappa shape index (κ1) is 13.9. The molecule has 0 bridgehead atoms. The van der Waals surface area contributed by atoms with Crippen molar-refractivity contribution in [2.24, 2.45) is 5.41 Å². The monoisotopic (exact) mass is 262 g/mol. The highest BCUT2D eigenvalue weighted by Gasteiger charge is 2.27. The standard InChI is InChI=1S/C15H22N2O2/c1-15(2,3)10-16-14(19)17-9-8-13(18)11-6-4-5-7-12(11)17/h4-7,13,18H,8-10H2,1-3H3,(H,16,19). The van der Waals surface area contributed by atoms with Gasteiger partial charge in [-0.3, -0.25) is 4.90 Å². The van der Waals surface area contributed by atoms with Gasteiger partial charge in [-0.1, -0.05) is 39.0 Å². The predicted octanol–water partition coefficient (Wildman–Crippen LogP) is 2.69. The highest BCUT2D eigenvalue weighted by atomic mass is 16.3. The molecule has 1 atom stereocenters. The number of amides is 2. The van der Waals surface area contributed by atoms with Gasteiger partial charge in [0.25, 0.3) is 0 Å². The summed E-state index contributed by atoms with van der Waals surface area (Å²) in [6.45, 7) is 7.44. The number of anilines is 1. The van der Waals surface area contributed by atoms with E-state index in [0.717, 1.165) is 11.3 Å². The van der Waals surface area contributed by atoms with Crippen LogP contribution in [-0.2, 0) is 0 Å². The summed E-state index contributed by atoms with van der Waals surface area (Å²) in [4.78, 5) is 14.0. The first-order valence-electron chi connectivity index (χ1n) is 6.71. The number of nitrogens with zero attached hydrogens (tertiary/aromatic N) is 1. The lowest BCUT2D eigenvalue weighted by molar-refractivity contribution is 0.164. The third-order valence-corrected chi connectivity index (χ3v) is 3.23. The van der Waals surface area contributed by atoms with E-state index in [9.17, 15) is 9.90 Å². The zero-order valence-electron chi connectivity index (χ0n) is 11.8. The van der Waals surface area contributed by atoms with Crippen molar-refractivity contribution in [3.05, 3.63) is 29.8 Å². The van der Waals surface area contributed by atoms with E-state index >= 15 is 0 Å². The fraction of sp³-hybridized carbons (Fsp3) is 0.533. The molecule has 0 saturated carbocycles. The van der Waals surface area contributed by atoms with Gasteiger partial charge in [0.1, 0.15) is 0 Å². The van der Waals surface area contributed by atoms with Gasteiger partial charge < -0.3 is 10.4 Å². The fourth-order valence-electron chi connectivity index (χ4n) is 2.19. The number of nitrogens with one attached hydrogen (secondary N) is 1. The summed E-state index contributed by atoms with van der Waals surface area (Å²) in [5.74, 6) is 0. The lowest BCUT2D eigenvalue weighted by Crippen LogP contribution is -2.45. The van der Waals surface area contributed by atoms with Crippen LogP contribution in [0.2, 0.25) is 0 Å². The summed E-state index contributed by atoms with van der Waals surface area (Å²) in [5, 5.41) is 12.9. The Hall–Kier alpha value is -1.55. The molecule has 1 unspecified atom stereocenters. The van der Waals surface area contributed by atoms with Gasteiger partial charge in [-0.25, -0.2) is 4.79 Å². The van der Waals surface area contributed by atoms with E-state index in [1.807, 2.05) is 24.3 Å². The van der Waals surface area contributed by atoms with Gasteiger partial charge in [-0.05, 0) is 17.9 Å². The molecule has 104 valence electrons. The van der Waals surface area contributed by atoms with Crippen LogP contribution in [0.15, 0.2) is 24.3 Å². The normalized spacial score (nSPS) is 18.9. The first-order valence-corrected chi connectivity index (χ1v) is 6.71. The highest BCUT2D eigenvalue weighted by molar-refractivity contribution is 5.93. The second-order valence-electron chi connectivity index (χ2n) is 6.23. The molecule has 1 aromatic carbocycles. The van der Waals surface area contributed by atoms with E-state index in [1.165, 1.54) is 0 Å². The van der Waals surface area contributed by atoms with Crippen LogP contribution in [0.1, 0.15) is 38.9 Å². The van der Waals surface area contributed by atoms with Crippen molar-refractivity contribution in [3.63, 3.8) is 0 Å². The third kappa shape index (κ3) is 3.26. The molecule has 0 aromatic heterocycles. The molecule has 4 nitrogen and oxygen atoms in total. The third-order valence-electron chi connectivity index (χ3n) is 3.23. The van der Waals surface area contributed by atoms with Crippen molar-refractivity contribution in [1.29, 1.82) is 0 Å². The molecule has 1 aliphatic heterocycles. The van der Waals surface area contributed by atoms with E-state index in [4.69, 9.17) is 0 Å². The molecule has 4 heteroatoms. The van der Waals surface area contributed by atoms with Crippen LogP contribution >= 0.6 is 0 Å². The summed E-state index contributed by atoms with van der Waals surface area (Å²) < 4.78 is 0. The molecular weight excluding hydrogens is 240 g/mol. The predicted molar refractivity (Wildman–Crippen MR) is 76.2 cm³/mol. The van der Waals surface area contributed by atoms with E-state index in [2.05, 4.69) is 26.1 Å². The van der Waals surface area contributed by atoms with Crippen LogP contribution in [0.25, 0.3) is 0 Å². The molecule has 0 radical (unpaired) electrons. The maximum Gasteiger partial charge on any atom is 0.321 e. The van der Waals surface area contributed by atoms with Crippen molar-refractivity contribution in [3.8, 4) is 0 Å². The Kier molecular flexibility index (Phi) is 3.80. The molecule has 0 spiro atoms. The SMILES string of the molecule is CC(C)(C)CNC(=O)N1CCC(O)c2ccccc21. The van der Waals surface area contributed by atoms with Gasteiger partial charge in [0, 0.05) is 18.7 Å². The fourth-order valence-corrected chi connectivity index (χ4v) is 2.19. The molecule has 0 saturated heterocycles. The molecule has 19 heavy (non-hydrogen) atoms. The van der Waals surface area contributed by atoms with Crippen LogP contribution in [-0.4, -0.2) is 24.2 Å². The van der Waals surface area contributed by atoms with Gasteiger partial charge in [0.2, 0.25) is 0 Å². The van der Waals surface area contributed by atoms with Crippen LogP contribution in [0.5, 0.6) is 0 Å². The minimum absolute atomic E-state index is 0.0600. The summed E-state index contributed by atoms with van der Waals surface area (Å²) in [6.07, 6.45) is 0.114. The van der Waals surface area contributed by atoms with Crippen molar-refractivity contribution < 1.29 is 9.90 Å². The van der Waals surface area contributed by atoms with Gasteiger partial charge in [-0.15, -0.1) is 0 Å². The van der Waals surface area contributed by atoms with Crippen molar-refractivity contribution in [2.45, 2.75) is 33.3 Å². The molecule has 0 fully saturated rings. The lowest BCUT2D eigenvalue weighted by Gasteiger charge is -2.33. The zero-order valence-corrected chi connectivity index (χ0v) is 11.8. The molecule has 1 aliphatic rings. The topological polar surface area (TPSA) is 52.6 Å². The average molecular weight is 262 g/mol. The molecule has 1 aromatic rings. The van der Waals surface area contributed by atoms with Gasteiger partial charge in [-0.2, -0.15) is 0 Å². The van der Waals surface area contributed by atoms with Crippen molar-refractivity contribution >= 4 is 11.7 Å². The van der Waals surface area contributed by atoms with E-state index in [-0.39, 0.29) is 11.4 Å². The van der Waals surface area contributed by atoms with Crippen molar-refractivity contribution in [2.75, 3.05) is 18.0 Å². The number of carbonyl (C=O) groups excluding carboxylic acids is 1. The summed E-state index contributed by atoms with van der Waals surface area (Å²) in [5.41, 5.74) is 1.71. The number of hydrogen-bond donors (Lipinski definition) is 2. The Bertz CT molecular complexity index is 465. The molecule has 2 rings (SSSR count). The number of aliphatic hydroxyl groups excluding tert-OH is 1. The lowest BCUT2D eigenvalue weighted by atomic mass is 9.97. The van der Waals surface area contributed by atoms with E-state index in [0.29, 0.717) is 19.5 Å². The minimum atomic E-state index is -0.470. The minimum Gasteiger partial charge on any atom is -0.388 e. The Morgan fingerprint density at radius 2 is 2.11 bits per heavy atom. The Labute approximate surface area is 114 Å². The number of rotatable bonds is 1. The highest BCUT2D eigenvalue weighted by Crippen LogP contribution is 2.33. The van der Waals surface area contributed by atoms with Crippen LogP contribution in [0, 0.1) is 5.41 Å². The molecule has 2 N–H and O–H groups in total. The molecular formula is C15H22N2O2. The number of urea groups is 1. The number of hydrogen-bond acceptors (Lipinski definition) is 2. The summed E-state index contributed by atoms with van der Waals surface area (Å²) in [6, 6.07) is 7.45. The second kappa shape index (κ2) is 5.21. The average Bonchev–Trinajstić information content (AvgIpc) is 2.36. The van der Waals surface area contributed by atoms with Gasteiger partial charge in [0.05, 0.1) is 11.8 Å². The summed E-state index contributed by atoms with van der Waals surface area (Å²) in [7, 11) is 0. The van der Waals surface area contributed by atoms with E-state index < -0.39 is 6.10 Å². The van der Waals surface area contributed by atoms with Crippen molar-refractivity contribution in [1.82, 2.24) is 5.32 Å². The number of carbonyl (C=O) groups is 1. The number of benzene rings is 1. The second-order valence-corrected chi connectivity index (χ2v) is 6.23. The first-order chi connectivity index (χ1) is 8.88.